The van der Waals surface area contributed by atoms with Gasteiger partial charge in [0, 0.05) is 18.3 Å². The normalized spacial score (nSPS) is 14.8. The van der Waals surface area contributed by atoms with E-state index in [-0.39, 0.29) is 11.8 Å². The summed E-state index contributed by atoms with van der Waals surface area (Å²) in [5.41, 5.74) is 2.04. The van der Waals surface area contributed by atoms with E-state index in [1.807, 2.05) is 6.92 Å². The van der Waals surface area contributed by atoms with Crippen LogP contribution in [-0.2, 0) is 4.79 Å². The Morgan fingerprint density at radius 2 is 2.00 bits per heavy atom. The summed E-state index contributed by atoms with van der Waals surface area (Å²) in [5.74, 6) is -0.195. The summed E-state index contributed by atoms with van der Waals surface area (Å²) in [7, 11) is 1.58. The van der Waals surface area contributed by atoms with Gasteiger partial charge < -0.3 is 5.32 Å². The number of hydrogen-bond acceptors (Lipinski definition) is 3. The maximum Gasteiger partial charge on any atom is 0.253 e. The van der Waals surface area contributed by atoms with Gasteiger partial charge in [-0.25, -0.2) is 5.01 Å². The standard InChI is InChI=1S/C12H13N3O2/c1-8-7-11(16)15(14-8)10-5-3-9(4-6-10)12(17)13-2/h3-6H,7H2,1-2H3,(H,13,17). The van der Waals surface area contributed by atoms with E-state index < -0.39 is 0 Å². The summed E-state index contributed by atoms with van der Waals surface area (Å²) in [5, 5.41) is 8.04. The lowest BCUT2D eigenvalue weighted by Crippen LogP contribution is -2.20. The van der Waals surface area contributed by atoms with E-state index >= 15 is 0 Å². The van der Waals surface area contributed by atoms with Crippen molar-refractivity contribution in [2.45, 2.75) is 13.3 Å². The lowest BCUT2D eigenvalue weighted by atomic mass is 10.2. The highest BCUT2D eigenvalue weighted by molar-refractivity contribution is 6.12. The molecule has 0 unspecified atom stereocenters. The number of nitrogens with zero attached hydrogens (tertiary/aromatic N) is 2. The first-order chi connectivity index (χ1) is 8.11. The molecule has 0 fully saturated rings. The van der Waals surface area contributed by atoms with E-state index in [9.17, 15) is 9.59 Å². The van der Waals surface area contributed by atoms with Crippen LogP contribution in [0.25, 0.3) is 0 Å². The molecular weight excluding hydrogens is 218 g/mol. The van der Waals surface area contributed by atoms with Crippen molar-refractivity contribution in [3.05, 3.63) is 29.8 Å². The molecule has 0 spiro atoms. The molecule has 0 radical (unpaired) electrons. The van der Waals surface area contributed by atoms with Gasteiger partial charge in [-0.2, -0.15) is 5.10 Å². The van der Waals surface area contributed by atoms with Gasteiger partial charge in [0.25, 0.3) is 11.8 Å². The number of amides is 2. The predicted octanol–water partition coefficient (Wildman–Crippen LogP) is 1.16. The van der Waals surface area contributed by atoms with Crippen molar-refractivity contribution >= 4 is 23.2 Å². The van der Waals surface area contributed by atoms with Gasteiger partial charge in [0.2, 0.25) is 0 Å². The molecule has 1 aromatic carbocycles. The highest BCUT2D eigenvalue weighted by atomic mass is 16.2. The largest absolute Gasteiger partial charge is 0.355 e. The van der Waals surface area contributed by atoms with Gasteiger partial charge in [-0.05, 0) is 31.2 Å². The van der Waals surface area contributed by atoms with E-state index in [4.69, 9.17) is 0 Å². The Morgan fingerprint density at radius 3 is 2.47 bits per heavy atom. The first-order valence-electron chi connectivity index (χ1n) is 5.31. The first-order valence-corrected chi connectivity index (χ1v) is 5.31. The van der Waals surface area contributed by atoms with Crippen LogP contribution >= 0.6 is 0 Å². The van der Waals surface area contributed by atoms with E-state index in [2.05, 4.69) is 10.4 Å². The highest BCUT2D eigenvalue weighted by Gasteiger charge is 2.22. The minimum atomic E-state index is -0.149. The van der Waals surface area contributed by atoms with Crippen molar-refractivity contribution in [3.8, 4) is 0 Å². The zero-order valence-electron chi connectivity index (χ0n) is 9.73. The lowest BCUT2D eigenvalue weighted by molar-refractivity contribution is -0.116. The van der Waals surface area contributed by atoms with Crippen LogP contribution in [0.15, 0.2) is 29.4 Å². The van der Waals surface area contributed by atoms with E-state index in [1.54, 1.807) is 31.3 Å². The second-order valence-corrected chi connectivity index (χ2v) is 3.84. The van der Waals surface area contributed by atoms with Gasteiger partial charge in [-0.1, -0.05) is 0 Å². The van der Waals surface area contributed by atoms with E-state index in [0.29, 0.717) is 17.7 Å². The SMILES string of the molecule is CNC(=O)c1ccc(N2N=C(C)CC2=O)cc1. The number of benzene rings is 1. The predicted molar refractivity (Wildman–Crippen MR) is 65.0 cm³/mol. The van der Waals surface area contributed by atoms with Crippen molar-refractivity contribution in [1.82, 2.24) is 5.32 Å². The van der Waals surface area contributed by atoms with Crippen molar-refractivity contribution < 1.29 is 9.59 Å². The van der Waals surface area contributed by atoms with Gasteiger partial charge >= 0.3 is 0 Å². The summed E-state index contributed by atoms with van der Waals surface area (Å²) in [6, 6.07) is 6.77. The summed E-state index contributed by atoms with van der Waals surface area (Å²) in [6.45, 7) is 1.82. The van der Waals surface area contributed by atoms with Crippen molar-refractivity contribution in [2.75, 3.05) is 12.1 Å². The number of anilines is 1. The third-order valence-electron chi connectivity index (χ3n) is 2.52. The molecule has 1 aliphatic heterocycles. The molecule has 0 aliphatic carbocycles. The number of hydrogen-bond donors (Lipinski definition) is 1. The van der Waals surface area contributed by atoms with Crippen LogP contribution in [0.2, 0.25) is 0 Å². The Hall–Kier alpha value is -2.17. The monoisotopic (exact) mass is 231 g/mol. The average molecular weight is 231 g/mol. The second kappa shape index (κ2) is 4.37. The van der Waals surface area contributed by atoms with Crippen LogP contribution in [0.4, 0.5) is 5.69 Å². The van der Waals surface area contributed by atoms with Crippen LogP contribution in [0.1, 0.15) is 23.7 Å². The Bertz CT molecular complexity index is 491. The zero-order chi connectivity index (χ0) is 12.4. The number of carbonyl (C=O) groups excluding carboxylic acids is 2. The summed E-state index contributed by atoms with van der Waals surface area (Å²) in [4.78, 5) is 22.9. The molecule has 1 heterocycles. The van der Waals surface area contributed by atoms with Gasteiger partial charge in [0.15, 0.2) is 0 Å². The third kappa shape index (κ3) is 2.18. The summed E-state index contributed by atoms with van der Waals surface area (Å²) >= 11 is 0. The van der Waals surface area contributed by atoms with Gasteiger partial charge in [0.1, 0.15) is 0 Å². The molecule has 5 nitrogen and oxygen atoms in total. The molecule has 88 valence electrons. The number of rotatable bonds is 2. The van der Waals surface area contributed by atoms with Crippen molar-refractivity contribution in [3.63, 3.8) is 0 Å². The molecule has 0 saturated carbocycles. The second-order valence-electron chi connectivity index (χ2n) is 3.84. The molecule has 0 saturated heterocycles. The van der Waals surface area contributed by atoms with Crippen molar-refractivity contribution in [1.29, 1.82) is 0 Å². The molecule has 17 heavy (non-hydrogen) atoms. The quantitative estimate of drug-likeness (QED) is 0.830. The fourth-order valence-electron chi connectivity index (χ4n) is 1.66. The molecule has 1 aliphatic rings. The Labute approximate surface area is 99.1 Å². The molecule has 2 amide bonds. The fourth-order valence-corrected chi connectivity index (χ4v) is 1.66. The van der Waals surface area contributed by atoms with Crippen LogP contribution in [0, 0.1) is 0 Å². The Balaban J connectivity index is 2.24. The molecule has 0 atom stereocenters. The topological polar surface area (TPSA) is 61.8 Å². The molecule has 2 rings (SSSR count). The van der Waals surface area contributed by atoms with Gasteiger partial charge in [-0.3, -0.25) is 9.59 Å². The minimum absolute atomic E-state index is 0.0461. The fraction of sp³-hybridized carbons (Fsp3) is 0.250. The van der Waals surface area contributed by atoms with Crippen molar-refractivity contribution in [2.24, 2.45) is 5.10 Å². The zero-order valence-corrected chi connectivity index (χ0v) is 9.73. The Kier molecular flexibility index (Phi) is 2.91. The Morgan fingerprint density at radius 1 is 1.35 bits per heavy atom. The maximum atomic E-state index is 11.6. The molecule has 1 aromatic rings. The highest BCUT2D eigenvalue weighted by Crippen LogP contribution is 2.20. The maximum absolute atomic E-state index is 11.6. The first kappa shape index (κ1) is 11.3. The molecule has 0 aromatic heterocycles. The lowest BCUT2D eigenvalue weighted by Gasteiger charge is -2.11. The molecule has 5 heteroatoms. The summed E-state index contributed by atoms with van der Waals surface area (Å²) in [6.07, 6.45) is 0.358. The number of hydrazone groups is 1. The van der Waals surface area contributed by atoms with Crippen LogP contribution in [-0.4, -0.2) is 24.6 Å². The van der Waals surface area contributed by atoms with E-state index in [1.165, 1.54) is 5.01 Å². The number of nitrogens with one attached hydrogen (secondary N) is 1. The van der Waals surface area contributed by atoms with Crippen LogP contribution in [0.3, 0.4) is 0 Å². The number of carbonyl (C=O) groups is 2. The molecule has 0 bridgehead atoms. The van der Waals surface area contributed by atoms with Crippen LogP contribution in [0.5, 0.6) is 0 Å². The van der Waals surface area contributed by atoms with Gasteiger partial charge in [0.05, 0.1) is 12.1 Å². The molecular formula is C12H13N3O2. The average Bonchev–Trinajstić information content (AvgIpc) is 2.68. The van der Waals surface area contributed by atoms with E-state index in [0.717, 1.165) is 5.71 Å². The third-order valence-corrected chi connectivity index (χ3v) is 2.52. The smallest absolute Gasteiger partial charge is 0.253 e. The minimum Gasteiger partial charge on any atom is -0.355 e. The summed E-state index contributed by atoms with van der Waals surface area (Å²) < 4.78 is 0. The van der Waals surface area contributed by atoms with Gasteiger partial charge in [-0.15, -0.1) is 0 Å². The van der Waals surface area contributed by atoms with Crippen LogP contribution < -0.4 is 10.3 Å². The molecule has 1 N–H and O–H groups in total.